The van der Waals surface area contributed by atoms with Crippen LogP contribution in [0.15, 0.2) is 84.9 Å². The number of ether oxygens (including phenoxy) is 1. The van der Waals surface area contributed by atoms with Crippen molar-refractivity contribution < 1.29 is 14.6 Å². The van der Waals surface area contributed by atoms with E-state index in [0.29, 0.717) is 13.2 Å². The molecule has 2 amide bonds. The Morgan fingerprint density at radius 3 is 2.18 bits per heavy atom. The van der Waals surface area contributed by atoms with Gasteiger partial charge in [0.05, 0.1) is 12.2 Å². The summed E-state index contributed by atoms with van der Waals surface area (Å²) in [4.78, 5) is 14.2. The number of urea groups is 1. The molecule has 1 unspecified atom stereocenters. The molecule has 1 saturated heterocycles. The lowest BCUT2D eigenvalue weighted by Crippen LogP contribution is -2.34. The van der Waals surface area contributed by atoms with Crippen molar-refractivity contribution in [3.05, 3.63) is 96.1 Å². The predicted molar refractivity (Wildman–Crippen MR) is 111 cm³/mol. The molecule has 1 aliphatic rings. The summed E-state index contributed by atoms with van der Waals surface area (Å²) in [5.41, 5.74) is 1.80. The van der Waals surface area contributed by atoms with E-state index in [2.05, 4.69) is 0 Å². The van der Waals surface area contributed by atoms with Gasteiger partial charge in [0.15, 0.2) is 5.56 Å². The predicted octanol–water partition coefficient (Wildman–Crippen LogP) is 4.63. The third-order valence-corrected chi connectivity index (χ3v) is 5.42. The first-order chi connectivity index (χ1) is 13.7. The highest BCUT2D eigenvalue weighted by molar-refractivity contribution is 8.02. The van der Waals surface area contributed by atoms with Crippen LogP contribution in [0.3, 0.4) is 0 Å². The van der Waals surface area contributed by atoms with Crippen LogP contribution >= 0.6 is 11.9 Å². The summed E-state index contributed by atoms with van der Waals surface area (Å²) >= 11 is 1.10. The average molecular weight is 392 g/mol. The second kappa shape index (κ2) is 8.37. The van der Waals surface area contributed by atoms with Crippen molar-refractivity contribution in [2.45, 2.75) is 18.7 Å². The van der Waals surface area contributed by atoms with Crippen LogP contribution in [0.2, 0.25) is 0 Å². The van der Waals surface area contributed by atoms with Gasteiger partial charge in [-0.1, -0.05) is 60.7 Å². The fourth-order valence-corrected chi connectivity index (χ4v) is 3.82. The van der Waals surface area contributed by atoms with Crippen LogP contribution in [0.25, 0.3) is 0 Å². The summed E-state index contributed by atoms with van der Waals surface area (Å²) in [5.74, 6) is 0.816. The largest absolute Gasteiger partial charge is 0.489 e. The number of aliphatic hydroxyl groups is 1. The zero-order chi connectivity index (χ0) is 19.3. The van der Waals surface area contributed by atoms with Gasteiger partial charge in [-0.2, -0.15) is 0 Å². The number of benzene rings is 3. The molecule has 0 aliphatic carbocycles. The van der Waals surface area contributed by atoms with Gasteiger partial charge in [0, 0.05) is 11.9 Å². The Balaban J connectivity index is 1.40. The summed E-state index contributed by atoms with van der Waals surface area (Å²) in [7, 11) is 0. The number of aliphatic hydroxyl groups excluding tert-OH is 1. The molecular formula is C22H20N2O3S. The normalized spacial score (nSPS) is 16.5. The van der Waals surface area contributed by atoms with E-state index in [1.165, 1.54) is 9.21 Å². The van der Waals surface area contributed by atoms with Gasteiger partial charge >= 0.3 is 6.03 Å². The van der Waals surface area contributed by atoms with Crippen molar-refractivity contribution in [2.24, 2.45) is 0 Å². The van der Waals surface area contributed by atoms with Crippen molar-refractivity contribution in [2.75, 3.05) is 4.31 Å². The van der Waals surface area contributed by atoms with E-state index in [9.17, 15) is 9.90 Å². The summed E-state index contributed by atoms with van der Waals surface area (Å²) < 4.78 is 7.27. The van der Waals surface area contributed by atoms with Crippen LogP contribution in [-0.2, 0) is 13.2 Å². The van der Waals surface area contributed by atoms with Crippen molar-refractivity contribution in [3.63, 3.8) is 0 Å². The molecule has 28 heavy (non-hydrogen) atoms. The number of nitrogens with zero attached hydrogens (tertiary/aromatic N) is 2. The van der Waals surface area contributed by atoms with Gasteiger partial charge in [-0.25, -0.2) is 9.10 Å². The molecule has 1 heterocycles. The lowest BCUT2D eigenvalue weighted by Gasteiger charge is -2.18. The quantitative estimate of drug-likeness (QED) is 0.622. The fraction of sp³-hybridized carbons (Fsp3) is 0.136. The van der Waals surface area contributed by atoms with Gasteiger partial charge in [0.2, 0.25) is 0 Å². The fourth-order valence-electron chi connectivity index (χ4n) is 2.92. The molecule has 1 fully saturated rings. The van der Waals surface area contributed by atoms with Gasteiger partial charge in [0.1, 0.15) is 12.4 Å². The van der Waals surface area contributed by atoms with Gasteiger partial charge in [-0.3, -0.25) is 4.90 Å². The lowest BCUT2D eigenvalue weighted by molar-refractivity contribution is 0.106. The van der Waals surface area contributed by atoms with Crippen molar-refractivity contribution in [3.8, 4) is 5.75 Å². The van der Waals surface area contributed by atoms with Gasteiger partial charge < -0.3 is 9.84 Å². The first-order valence-corrected chi connectivity index (χ1v) is 9.81. The molecule has 1 N–H and O–H groups in total. The smallest absolute Gasteiger partial charge is 0.337 e. The number of amides is 2. The van der Waals surface area contributed by atoms with Gasteiger partial charge in [-0.05, 0) is 35.4 Å². The second-order valence-corrected chi connectivity index (χ2v) is 7.39. The third kappa shape index (κ3) is 4.13. The molecule has 142 valence electrons. The average Bonchev–Trinajstić information content (AvgIpc) is 3.02. The molecular weight excluding hydrogens is 372 g/mol. The molecule has 0 spiro atoms. The van der Waals surface area contributed by atoms with Crippen LogP contribution in [-0.4, -0.2) is 21.6 Å². The highest BCUT2D eigenvalue weighted by Crippen LogP contribution is 2.35. The molecule has 5 nitrogen and oxygen atoms in total. The molecule has 6 heteroatoms. The maximum atomic E-state index is 12.8. The van der Waals surface area contributed by atoms with Crippen LogP contribution in [0, 0.1) is 0 Å². The number of anilines is 1. The number of para-hydroxylation sites is 1. The Hall–Kier alpha value is -2.96. The van der Waals surface area contributed by atoms with Crippen LogP contribution in [0.5, 0.6) is 5.75 Å². The first kappa shape index (κ1) is 18.4. The molecule has 1 aliphatic heterocycles. The van der Waals surface area contributed by atoms with Crippen LogP contribution < -0.4 is 9.04 Å². The van der Waals surface area contributed by atoms with Crippen molar-refractivity contribution in [1.29, 1.82) is 0 Å². The zero-order valence-electron chi connectivity index (χ0n) is 15.1. The van der Waals surface area contributed by atoms with Crippen molar-refractivity contribution in [1.82, 2.24) is 4.90 Å². The minimum absolute atomic E-state index is 0.227. The number of hydrogen-bond acceptors (Lipinski definition) is 4. The van der Waals surface area contributed by atoms with Crippen molar-refractivity contribution >= 4 is 23.7 Å². The van der Waals surface area contributed by atoms with E-state index in [4.69, 9.17) is 4.74 Å². The maximum Gasteiger partial charge on any atom is 0.337 e. The minimum atomic E-state index is -0.909. The van der Waals surface area contributed by atoms with E-state index in [-0.39, 0.29) is 6.03 Å². The summed E-state index contributed by atoms with van der Waals surface area (Å²) in [6, 6.07) is 26.6. The molecule has 0 saturated carbocycles. The number of carbonyl (C=O) groups is 1. The highest BCUT2D eigenvalue weighted by atomic mass is 32.2. The maximum absolute atomic E-state index is 12.8. The molecule has 3 aromatic rings. The standard InChI is InChI=1S/C22H20N2O3S/c25-21-23(15-17-7-3-1-4-8-17)22(26)28-24(21)19-13-11-18(12-14-19)16-27-20-9-5-2-6-10-20/h1-14,22,26H,15-16H2. The minimum Gasteiger partial charge on any atom is -0.489 e. The van der Waals surface area contributed by atoms with E-state index in [1.54, 1.807) is 0 Å². The molecule has 0 radical (unpaired) electrons. The summed E-state index contributed by atoms with van der Waals surface area (Å²) in [6.45, 7) is 0.821. The van der Waals surface area contributed by atoms with E-state index < -0.39 is 5.56 Å². The molecule has 0 aromatic heterocycles. The van der Waals surface area contributed by atoms with E-state index in [0.717, 1.165) is 34.5 Å². The Kier molecular flexibility index (Phi) is 5.50. The SMILES string of the molecule is O=C1N(c2ccc(COc3ccccc3)cc2)SC(O)N1Cc1ccccc1. The van der Waals surface area contributed by atoms with Gasteiger partial charge in [0.25, 0.3) is 0 Å². The van der Waals surface area contributed by atoms with E-state index >= 15 is 0 Å². The lowest BCUT2D eigenvalue weighted by atomic mass is 10.2. The number of hydrogen-bond donors (Lipinski definition) is 1. The molecule has 0 bridgehead atoms. The highest BCUT2D eigenvalue weighted by Gasteiger charge is 2.38. The van der Waals surface area contributed by atoms with E-state index in [1.807, 2.05) is 84.9 Å². The summed E-state index contributed by atoms with van der Waals surface area (Å²) in [5, 5.41) is 10.3. The Labute approximate surface area is 168 Å². The summed E-state index contributed by atoms with van der Waals surface area (Å²) in [6.07, 6.45) is 0. The Morgan fingerprint density at radius 2 is 1.50 bits per heavy atom. The monoisotopic (exact) mass is 392 g/mol. The second-order valence-electron chi connectivity index (χ2n) is 6.39. The number of rotatable bonds is 6. The van der Waals surface area contributed by atoms with Crippen LogP contribution in [0.4, 0.5) is 10.5 Å². The molecule has 4 rings (SSSR count). The van der Waals surface area contributed by atoms with Gasteiger partial charge in [-0.15, -0.1) is 0 Å². The topological polar surface area (TPSA) is 53.0 Å². The number of carbonyl (C=O) groups excluding carboxylic acids is 1. The Bertz CT molecular complexity index is 920. The Morgan fingerprint density at radius 1 is 0.857 bits per heavy atom. The molecule has 1 atom stereocenters. The molecule has 3 aromatic carbocycles. The van der Waals surface area contributed by atoms with Crippen LogP contribution in [0.1, 0.15) is 11.1 Å². The zero-order valence-corrected chi connectivity index (χ0v) is 16.0. The first-order valence-electron chi connectivity index (χ1n) is 8.97. The third-order valence-electron chi connectivity index (χ3n) is 4.40.